The quantitative estimate of drug-likeness (QED) is 0.375. The highest BCUT2D eigenvalue weighted by Gasteiger charge is 2.09. The van der Waals surface area contributed by atoms with Crippen molar-refractivity contribution in [1.82, 2.24) is 0 Å². The molecule has 0 atom stereocenters. The first-order valence-corrected chi connectivity index (χ1v) is 7.49. The van der Waals surface area contributed by atoms with E-state index in [0.717, 1.165) is 5.56 Å². The maximum Gasteiger partial charge on any atom is 0.232 e. The van der Waals surface area contributed by atoms with Gasteiger partial charge in [0.05, 0.1) is 11.6 Å². The fourth-order valence-electron chi connectivity index (χ4n) is 1.53. The molecule has 0 amide bonds. The Morgan fingerprint density at radius 1 is 1.37 bits per heavy atom. The Morgan fingerprint density at radius 2 is 2.00 bits per heavy atom. The van der Waals surface area contributed by atoms with Crippen molar-refractivity contribution in [3.63, 3.8) is 0 Å². The van der Waals surface area contributed by atoms with E-state index in [1.54, 1.807) is 24.3 Å². The first-order valence-electron chi connectivity index (χ1n) is 5.84. The smallest absolute Gasteiger partial charge is 0.232 e. The summed E-state index contributed by atoms with van der Waals surface area (Å²) >= 11 is 0. The van der Waals surface area contributed by atoms with Gasteiger partial charge in [-0.1, -0.05) is 12.1 Å². The molecule has 6 nitrogen and oxygen atoms in total. The summed E-state index contributed by atoms with van der Waals surface area (Å²) in [6.45, 7) is 0.415. The lowest BCUT2D eigenvalue weighted by atomic mass is 10.1. The van der Waals surface area contributed by atoms with Gasteiger partial charge in [0.25, 0.3) is 0 Å². The van der Waals surface area contributed by atoms with E-state index in [9.17, 15) is 8.42 Å². The maximum absolute atomic E-state index is 11.7. The number of nitrogens with one attached hydrogen (secondary N) is 2. The van der Waals surface area contributed by atoms with Crippen LogP contribution in [0.5, 0.6) is 0 Å². The third kappa shape index (κ3) is 6.21. The fourth-order valence-corrected chi connectivity index (χ4v) is 2.63. The summed E-state index contributed by atoms with van der Waals surface area (Å²) in [5, 5.41) is 7.18. The average molecular weight is 285 g/mol. The van der Waals surface area contributed by atoms with Crippen LogP contribution in [-0.2, 0) is 21.2 Å². The molecule has 0 aliphatic rings. The summed E-state index contributed by atoms with van der Waals surface area (Å²) in [5.41, 5.74) is 6.67. The highest BCUT2D eigenvalue weighted by Crippen LogP contribution is 2.12. The average Bonchev–Trinajstić information content (AvgIpc) is 2.31. The van der Waals surface area contributed by atoms with Crippen LogP contribution in [0.3, 0.4) is 0 Å². The lowest BCUT2D eigenvalue weighted by molar-refractivity contribution is 0.199. The van der Waals surface area contributed by atoms with Crippen molar-refractivity contribution in [3.8, 4) is 0 Å². The Kier molecular flexibility index (Phi) is 5.78. The zero-order valence-corrected chi connectivity index (χ0v) is 11.7. The van der Waals surface area contributed by atoms with Gasteiger partial charge >= 0.3 is 0 Å². The molecule has 0 radical (unpaired) electrons. The minimum atomic E-state index is -3.34. The summed E-state index contributed by atoms with van der Waals surface area (Å²) < 4.78 is 30.7. The Labute approximate surface area is 113 Å². The highest BCUT2D eigenvalue weighted by molar-refractivity contribution is 7.92. The van der Waals surface area contributed by atoms with E-state index in [1.165, 1.54) is 7.11 Å². The van der Waals surface area contributed by atoms with Gasteiger partial charge in [-0.05, 0) is 24.1 Å². The van der Waals surface area contributed by atoms with Crippen LogP contribution in [0, 0.1) is 5.41 Å². The molecule has 0 aromatic heterocycles. The van der Waals surface area contributed by atoms with Crippen LogP contribution in [-0.4, -0.2) is 33.7 Å². The molecule has 0 unspecified atom stereocenters. The third-order valence-corrected chi connectivity index (χ3v) is 3.76. The van der Waals surface area contributed by atoms with Gasteiger partial charge in [0.2, 0.25) is 10.0 Å². The van der Waals surface area contributed by atoms with Gasteiger partial charge in [0.1, 0.15) is 0 Å². The number of nitrogens with two attached hydrogens (primary N) is 1. The second-order valence-electron chi connectivity index (χ2n) is 4.17. The van der Waals surface area contributed by atoms with E-state index in [-0.39, 0.29) is 11.6 Å². The normalized spacial score (nSPS) is 11.2. The maximum atomic E-state index is 11.7. The van der Waals surface area contributed by atoms with Crippen molar-refractivity contribution in [2.45, 2.75) is 12.8 Å². The van der Waals surface area contributed by atoms with Crippen LogP contribution >= 0.6 is 0 Å². The van der Waals surface area contributed by atoms with Gasteiger partial charge in [-0.25, -0.2) is 8.42 Å². The lowest BCUT2D eigenvalue weighted by Gasteiger charge is -2.08. The van der Waals surface area contributed by atoms with Crippen molar-refractivity contribution in [1.29, 1.82) is 5.41 Å². The van der Waals surface area contributed by atoms with Crippen LogP contribution < -0.4 is 10.5 Å². The predicted molar refractivity (Wildman–Crippen MR) is 76.0 cm³/mol. The third-order valence-electron chi connectivity index (χ3n) is 2.38. The van der Waals surface area contributed by atoms with Crippen LogP contribution in [0.4, 0.5) is 5.69 Å². The number of ether oxygens (including phenoxy) is 1. The summed E-state index contributed by atoms with van der Waals surface area (Å²) in [5.74, 6) is 0.101. The molecule has 106 valence electrons. The molecule has 0 saturated carbocycles. The predicted octanol–water partition coefficient (Wildman–Crippen LogP) is 0.943. The van der Waals surface area contributed by atoms with Gasteiger partial charge < -0.3 is 10.5 Å². The lowest BCUT2D eigenvalue weighted by Crippen LogP contribution is -2.18. The van der Waals surface area contributed by atoms with Crippen LogP contribution in [0.15, 0.2) is 24.3 Å². The van der Waals surface area contributed by atoms with Crippen molar-refractivity contribution in [2.24, 2.45) is 5.73 Å². The SMILES string of the molecule is COCCCS(=O)(=O)Nc1ccc(CC(=N)N)cc1. The number of hydrogen-bond acceptors (Lipinski definition) is 4. The van der Waals surface area contributed by atoms with Crippen LogP contribution in [0.25, 0.3) is 0 Å². The van der Waals surface area contributed by atoms with E-state index in [1.807, 2.05) is 0 Å². The second-order valence-corrected chi connectivity index (χ2v) is 6.01. The van der Waals surface area contributed by atoms with E-state index in [2.05, 4.69) is 4.72 Å². The van der Waals surface area contributed by atoms with E-state index in [4.69, 9.17) is 15.9 Å². The molecule has 0 heterocycles. The molecule has 1 rings (SSSR count). The van der Waals surface area contributed by atoms with Gasteiger partial charge in [-0.15, -0.1) is 0 Å². The number of benzene rings is 1. The molecule has 0 bridgehead atoms. The molecule has 1 aromatic rings. The Morgan fingerprint density at radius 3 is 2.53 bits per heavy atom. The van der Waals surface area contributed by atoms with Gasteiger partial charge in [-0.3, -0.25) is 10.1 Å². The van der Waals surface area contributed by atoms with Gasteiger partial charge in [-0.2, -0.15) is 0 Å². The molecular formula is C12H19N3O3S. The molecule has 19 heavy (non-hydrogen) atoms. The van der Waals surface area contributed by atoms with Crippen molar-refractivity contribution in [3.05, 3.63) is 29.8 Å². The van der Waals surface area contributed by atoms with E-state index in [0.29, 0.717) is 25.1 Å². The minimum absolute atomic E-state index is 0.0238. The van der Waals surface area contributed by atoms with Crippen molar-refractivity contribution < 1.29 is 13.2 Å². The largest absolute Gasteiger partial charge is 0.387 e. The van der Waals surface area contributed by atoms with Crippen LogP contribution in [0.1, 0.15) is 12.0 Å². The number of amidine groups is 1. The standard InChI is InChI=1S/C12H19N3O3S/c1-18-7-2-8-19(16,17)15-11-5-3-10(4-6-11)9-12(13)14/h3-6,15H,2,7-9H2,1H3,(H3,13,14). The van der Waals surface area contributed by atoms with E-state index >= 15 is 0 Å². The minimum Gasteiger partial charge on any atom is -0.387 e. The number of hydrogen-bond donors (Lipinski definition) is 3. The summed E-state index contributed by atoms with van der Waals surface area (Å²) in [4.78, 5) is 0. The highest BCUT2D eigenvalue weighted by atomic mass is 32.2. The molecular weight excluding hydrogens is 266 g/mol. The van der Waals surface area contributed by atoms with Gasteiger partial charge in [0, 0.05) is 25.8 Å². The molecule has 0 saturated heterocycles. The molecule has 7 heteroatoms. The second kappa shape index (κ2) is 7.10. The molecule has 4 N–H and O–H groups in total. The fraction of sp³-hybridized carbons (Fsp3) is 0.417. The summed E-state index contributed by atoms with van der Waals surface area (Å²) in [6, 6.07) is 6.81. The number of anilines is 1. The first-order chi connectivity index (χ1) is 8.93. The zero-order chi connectivity index (χ0) is 14.3. The topological polar surface area (TPSA) is 105 Å². The Hall–Kier alpha value is -1.60. The monoisotopic (exact) mass is 285 g/mol. The van der Waals surface area contributed by atoms with Crippen molar-refractivity contribution >= 4 is 21.5 Å². The Balaban J connectivity index is 2.59. The molecule has 0 spiro atoms. The number of methoxy groups -OCH3 is 1. The molecule has 0 aliphatic heterocycles. The summed E-state index contributed by atoms with van der Waals surface area (Å²) in [6.07, 6.45) is 0.815. The first kappa shape index (κ1) is 15.5. The van der Waals surface area contributed by atoms with Crippen LogP contribution in [0.2, 0.25) is 0 Å². The van der Waals surface area contributed by atoms with Crippen molar-refractivity contribution in [2.75, 3.05) is 24.2 Å². The molecule has 1 aromatic carbocycles. The zero-order valence-electron chi connectivity index (χ0n) is 10.8. The summed E-state index contributed by atoms with van der Waals surface area (Å²) in [7, 11) is -1.80. The molecule has 0 aliphatic carbocycles. The number of sulfonamides is 1. The molecule has 0 fully saturated rings. The number of rotatable bonds is 8. The van der Waals surface area contributed by atoms with Gasteiger partial charge in [0.15, 0.2) is 0 Å². The Bertz CT molecular complexity index is 512. The van der Waals surface area contributed by atoms with E-state index < -0.39 is 10.0 Å².